The van der Waals surface area contributed by atoms with Gasteiger partial charge >= 0.3 is 0 Å². The van der Waals surface area contributed by atoms with Crippen molar-refractivity contribution in [2.24, 2.45) is 0 Å². The van der Waals surface area contributed by atoms with Crippen molar-refractivity contribution in [2.45, 2.75) is 12.1 Å². The fraction of sp³-hybridized carbons (Fsp3) is 0.167. The van der Waals surface area contributed by atoms with E-state index in [2.05, 4.69) is 40.2 Å². The molecule has 0 aromatic carbocycles. The topological polar surface area (TPSA) is 17.8 Å². The molecule has 0 amide bonds. The first kappa shape index (κ1) is 8.13. The van der Waals surface area contributed by atoms with Gasteiger partial charge in [-0.25, -0.2) is 4.98 Å². The van der Waals surface area contributed by atoms with Gasteiger partial charge in [0.25, 0.3) is 0 Å². The molecule has 0 atom stereocenters. The van der Waals surface area contributed by atoms with Crippen LogP contribution in [0, 0.1) is 6.92 Å². The maximum Gasteiger partial charge on any atom is 0.169 e. The molecule has 0 bridgehead atoms. The second kappa shape index (κ2) is 3.43. The van der Waals surface area contributed by atoms with Crippen LogP contribution in [0.1, 0.15) is 5.69 Å². The molecule has 54 valence electrons. The number of aromatic nitrogens is 2. The number of nitrogens with zero attached hydrogens (tertiary/aromatic N) is 2. The lowest BCUT2D eigenvalue weighted by molar-refractivity contribution is 0.948. The average molecular weight is 266 g/mol. The van der Waals surface area contributed by atoms with Gasteiger partial charge in [-0.2, -0.15) is 0 Å². The quantitative estimate of drug-likeness (QED) is 0.610. The molecule has 4 heteroatoms. The van der Waals surface area contributed by atoms with Crippen molar-refractivity contribution in [3.05, 3.63) is 16.0 Å². The number of hydrogen-bond donors (Lipinski definition) is 1. The lowest BCUT2D eigenvalue weighted by atomic mass is 10.6. The summed E-state index contributed by atoms with van der Waals surface area (Å²) in [5.74, 6) is 0. The van der Waals surface area contributed by atoms with Crippen LogP contribution in [0.25, 0.3) is 6.20 Å². The zero-order valence-corrected chi connectivity index (χ0v) is 8.50. The van der Waals surface area contributed by atoms with Gasteiger partial charge in [-0.15, -0.1) is 12.6 Å². The van der Waals surface area contributed by atoms with E-state index in [9.17, 15) is 0 Å². The van der Waals surface area contributed by atoms with Crippen molar-refractivity contribution in [2.75, 3.05) is 0 Å². The summed E-state index contributed by atoms with van der Waals surface area (Å²) < 4.78 is 3.78. The number of thiol groups is 1. The van der Waals surface area contributed by atoms with E-state index in [0.29, 0.717) is 0 Å². The van der Waals surface area contributed by atoms with Gasteiger partial charge in [0.1, 0.15) is 0 Å². The van der Waals surface area contributed by atoms with Crippen LogP contribution in [0.15, 0.2) is 15.4 Å². The van der Waals surface area contributed by atoms with Crippen LogP contribution >= 0.6 is 35.2 Å². The number of aryl methyl sites for hydroxylation is 1. The van der Waals surface area contributed by atoms with Gasteiger partial charge < -0.3 is 4.57 Å². The smallest absolute Gasteiger partial charge is 0.169 e. The van der Waals surface area contributed by atoms with E-state index >= 15 is 0 Å². The summed E-state index contributed by atoms with van der Waals surface area (Å²) in [4.78, 5) is 4.10. The lowest BCUT2D eigenvalue weighted by Crippen LogP contribution is -1.81. The highest BCUT2D eigenvalue weighted by Crippen LogP contribution is 2.07. The maximum absolute atomic E-state index is 4.15. The molecule has 0 unspecified atom stereocenters. The molecule has 0 aliphatic rings. The predicted octanol–water partition coefficient (Wildman–Crippen LogP) is 2.34. The zero-order valence-electron chi connectivity index (χ0n) is 5.45. The van der Waals surface area contributed by atoms with Crippen LogP contribution in [0.4, 0.5) is 0 Å². The summed E-state index contributed by atoms with van der Waals surface area (Å²) in [6.45, 7) is 1.94. The van der Waals surface area contributed by atoms with E-state index in [1.807, 2.05) is 28.0 Å². The minimum atomic E-state index is 0.727. The van der Waals surface area contributed by atoms with Gasteiger partial charge in [-0.05, 0) is 11.0 Å². The fourth-order valence-electron chi connectivity index (χ4n) is 0.674. The molecule has 2 nitrogen and oxygen atoms in total. The molecular weight excluding hydrogens is 259 g/mol. The monoisotopic (exact) mass is 266 g/mol. The highest BCUT2D eigenvalue weighted by Gasteiger charge is 1.95. The molecule has 10 heavy (non-hydrogen) atoms. The predicted molar refractivity (Wildman–Crippen MR) is 53.6 cm³/mol. The third-order valence-corrected chi connectivity index (χ3v) is 1.70. The summed E-state index contributed by atoms with van der Waals surface area (Å²) in [5.41, 5.74) is 0.986. The van der Waals surface area contributed by atoms with Crippen molar-refractivity contribution in [1.82, 2.24) is 9.55 Å². The molecule has 0 saturated carbocycles. The second-order valence-corrected chi connectivity index (χ2v) is 2.98. The lowest BCUT2D eigenvalue weighted by Gasteiger charge is -1.90. The Balaban J connectivity index is 3.03. The Labute approximate surface area is 78.9 Å². The fourth-order valence-corrected chi connectivity index (χ4v) is 1.30. The Morgan fingerprint density at radius 1 is 1.80 bits per heavy atom. The van der Waals surface area contributed by atoms with Crippen LogP contribution in [-0.2, 0) is 0 Å². The maximum atomic E-state index is 4.15. The summed E-state index contributed by atoms with van der Waals surface area (Å²) >= 11 is 6.30. The minimum Gasteiger partial charge on any atom is -0.301 e. The molecule has 0 aliphatic heterocycles. The van der Waals surface area contributed by atoms with Crippen molar-refractivity contribution in [1.29, 1.82) is 0 Å². The van der Waals surface area contributed by atoms with E-state index in [-0.39, 0.29) is 0 Å². The first-order valence-electron chi connectivity index (χ1n) is 2.75. The average Bonchev–Trinajstić information content (AvgIpc) is 2.13. The van der Waals surface area contributed by atoms with Gasteiger partial charge in [0.05, 0.1) is 5.69 Å². The van der Waals surface area contributed by atoms with Gasteiger partial charge in [0.15, 0.2) is 5.16 Å². The van der Waals surface area contributed by atoms with Crippen molar-refractivity contribution in [3.8, 4) is 0 Å². The molecule has 0 N–H and O–H groups in total. The van der Waals surface area contributed by atoms with Crippen LogP contribution in [0.3, 0.4) is 0 Å². The standard InChI is InChI=1S/C6H7IN2S/c1-5-4-9(3-2-7)6(10)8-5/h2-4H,1H3,(H,8,10)/b3-2-. The first-order chi connectivity index (χ1) is 4.74. The molecule has 0 spiro atoms. The third-order valence-electron chi connectivity index (χ3n) is 1.05. The second-order valence-electron chi connectivity index (χ2n) is 1.86. The van der Waals surface area contributed by atoms with E-state index in [0.717, 1.165) is 10.9 Å². The van der Waals surface area contributed by atoms with E-state index in [4.69, 9.17) is 0 Å². The molecule has 1 heterocycles. The van der Waals surface area contributed by atoms with Gasteiger partial charge in [0, 0.05) is 12.4 Å². The highest BCUT2D eigenvalue weighted by atomic mass is 127. The van der Waals surface area contributed by atoms with Gasteiger partial charge in [-0.1, -0.05) is 22.6 Å². The van der Waals surface area contributed by atoms with E-state index < -0.39 is 0 Å². The van der Waals surface area contributed by atoms with Gasteiger partial charge in [-0.3, -0.25) is 0 Å². The summed E-state index contributed by atoms with van der Waals surface area (Å²) in [6, 6.07) is 0. The Bertz CT molecular complexity index is 254. The molecule has 0 fully saturated rings. The van der Waals surface area contributed by atoms with Crippen molar-refractivity contribution >= 4 is 41.4 Å². The van der Waals surface area contributed by atoms with E-state index in [1.54, 1.807) is 0 Å². The normalized spacial score (nSPS) is 11.1. The Morgan fingerprint density at radius 3 is 2.90 bits per heavy atom. The molecule has 0 saturated heterocycles. The number of halogens is 1. The molecule has 0 aliphatic carbocycles. The number of imidazole rings is 1. The summed E-state index contributed by atoms with van der Waals surface area (Å²) in [6.07, 6.45) is 3.83. The van der Waals surface area contributed by atoms with Crippen molar-refractivity contribution < 1.29 is 0 Å². The Morgan fingerprint density at radius 2 is 2.50 bits per heavy atom. The SMILES string of the molecule is Cc1cn(/C=C\I)c(S)n1. The van der Waals surface area contributed by atoms with Gasteiger partial charge in [0.2, 0.25) is 0 Å². The molecule has 1 aromatic heterocycles. The highest BCUT2D eigenvalue weighted by molar-refractivity contribution is 14.1. The molecule has 0 radical (unpaired) electrons. The van der Waals surface area contributed by atoms with E-state index in [1.165, 1.54) is 0 Å². The Kier molecular flexibility index (Phi) is 2.79. The number of hydrogen-bond acceptors (Lipinski definition) is 2. The van der Waals surface area contributed by atoms with Crippen LogP contribution in [0.5, 0.6) is 0 Å². The number of rotatable bonds is 1. The summed E-state index contributed by atoms with van der Waals surface area (Å²) in [7, 11) is 0. The minimum absolute atomic E-state index is 0.727. The third kappa shape index (κ3) is 1.76. The summed E-state index contributed by atoms with van der Waals surface area (Å²) in [5, 5.41) is 0.727. The molecular formula is C6H7IN2S. The van der Waals surface area contributed by atoms with Crippen molar-refractivity contribution in [3.63, 3.8) is 0 Å². The zero-order chi connectivity index (χ0) is 7.56. The molecule has 1 aromatic rings. The van der Waals surface area contributed by atoms with Crippen LogP contribution < -0.4 is 0 Å². The Hall–Kier alpha value is 0.0300. The molecule has 1 rings (SSSR count). The van der Waals surface area contributed by atoms with Crippen LogP contribution in [0.2, 0.25) is 0 Å². The largest absolute Gasteiger partial charge is 0.301 e. The van der Waals surface area contributed by atoms with Crippen LogP contribution in [-0.4, -0.2) is 9.55 Å². The first-order valence-corrected chi connectivity index (χ1v) is 4.44.